The molecule has 0 aliphatic carbocycles. The first-order valence-electron chi connectivity index (χ1n) is 6.21. The number of anilines is 1. The van der Waals surface area contributed by atoms with Crippen molar-refractivity contribution >= 4 is 32.9 Å². The Morgan fingerprint density at radius 1 is 1.45 bits per heavy atom. The second kappa shape index (κ2) is 5.66. The highest BCUT2D eigenvalue weighted by Gasteiger charge is 2.44. The molecule has 11 nitrogen and oxygen atoms in total. The Morgan fingerprint density at radius 3 is 2.95 bits per heavy atom. The maximum Gasteiger partial charge on any atom is 0.181 e. The van der Waals surface area contributed by atoms with E-state index in [0.717, 1.165) is 0 Å². The van der Waals surface area contributed by atoms with Crippen molar-refractivity contribution in [2.45, 2.75) is 24.5 Å². The van der Waals surface area contributed by atoms with Crippen LogP contribution in [0, 0.1) is 0 Å². The minimum Gasteiger partial charge on any atom is -0.388 e. The first-order chi connectivity index (χ1) is 10.5. The number of aliphatic hydroxyl groups is 2. The molecule has 1 aliphatic heterocycles. The summed E-state index contributed by atoms with van der Waals surface area (Å²) in [7, 11) is 0. The van der Waals surface area contributed by atoms with Gasteiger partial charge in [0.15, 0.2) is 27.9 Å². The van der Waals surface area contributed by atoms with Gasteiger partial charge in [0.25, 0.3) is 0 Å². The summed E-state index contributed by atoms with van der Waals surface area (Å²) in [6.07, 6.45) is -2.98. The number of ether oxygens (including phenoxy) is 1. The molecule has 0 aromatic carbocycles. The number of aromatic nitrogens is 4. The van der Waals surface area contributed by atoms with Crippen LogP contribution in [0.5, 0.6) is 0 Å². The summed E-state index contributed by atoms with van der Waals surface area (Å²) in [5.41, 5.74) is 14.8. The van der Waals surface area contributed by atoms with Crippen molar-refractivity contribution in [1.29, 1.82) is 0 Å². The molecule has 0 saturated carbocycles. The molecule has 1 fully saturated rings. The molecular weight excluding hydrogens is 360 g/mol. The minimum atomic E-state index is -1.25. The quantitative estimate of drug-likeness (QED) is 0.297. The molecule has 2 aromatic rings. The van der Waals surface area contributed by atoms with Gasteiger partial charge in [0.05, 0.1) is 12.6 Å². The summed E-state index contributed by atoms with van der Waals surface area (Å²) >= 11 is 3.25. The van der Waals surface area contributed by atoms with E-state index in [-0.39, 0.29) is 12.4 Å². The Kier molecular flexibility index (Phi) is 3.85. The maximum atomic E-state index is 10.2. The van der Waals surface area contributed by atoms with Crippen LogP contribution in [0.3, 0.4) is 0 Å². The largest absolute Gasteiger partial charge is 0.388 e. The lowest BCUT2D eigenvalue weighted by Crippen LogP contribution is -2.32. The van der Waals surface area contributed by atoms with Crippen molar-refractivity contribution in [3.05, 3.63) is 21.5 Å². The fraction of sp³-hybridized carbons (Fsp3) is 0.500. The van der Waals surface area contributed by atoms with Crippen molar-refractivity contribution in [2.24, 2.45) is 5.11 Å². The molecule has 116 valence electrons. The van der Waals surface area contributed by atoms with Crippen LogP contribution in [0.2, 0.25) is 0 Å². The monoisotopic (exact) mass is 370 g/mol. The van der Waals surface area contributed by atoms with Crippen LogP contribution in [-0.2, 0) is 4.74 Å². The van der Waals surface area contributed by atoms with Gasteiger partial charge >= 0.3 is 0 Å². The molecule has 4 N–H and O–H groups in total. The number of rotatable bonds is 3. The number of azide groups is 1. The standard InChI is InChI=1S/C10H11BrN8O3/c11-10-17-4-7(12)14-2-15-8(4)19(10)9-6(21)5(20)3(22-9)1-16-18-13/h2-3,5-6,9,20-21H,1H2,(H2,12,14,15)/t3-,5-,6-,9-/m1/s1. The van der Waals surface area contributed by atoms with Crippen molar-refractivity contribution < 1.29 is 14.9 Å². The van der Waals surface area contributed by atoms with Gasteiger partial charge in [-0.1, -0.05) is 5.11 Å². The first kappa shape index (κ1) is 14.9. The highest BCUT2D eigenvalue weighted by atomic mass is 79.9. The summed E-state index contributed by atoms with van der Waals surface area (Å²) in [4.78, 5) is 14.7. The van der Waals surface area contributed by atoms with Gasteiger partial charge in [-0.25, -0.2) is 15.0 Å². The van der Waals surface area contributed by atoms with Crippen LogP contribution >= 0.6 is 15.9 Å². The summed E-state index contributed by atoms with van der Waals surface area (Å²) in [5.74, 6) is 0.183. The van der Waals surface area contributed by atoms with Gasteiger partial charge in [-0.2, -0.15) is 0 Å². The molecule has 4 atom stereocenters. The molecule has 3 heterocycles. The van der Waals surface area contributed by atoms with Gasteiger partial charge in [-0.15, -0.1) is 0 Å². The number of aliphatic hydroxyl groups excluding tert-OH is 2. The van der Waals surface area contributed by atoms with Crippen LogP contribution in [0.25, 0.3) is 21.6 Å². The fourth-order valence-corrected chi connectivity index (χ4v) is 2.88. The Bertz CT molecular complexity index is 760. The van der Waals surface area contributed by atoms with E-state index in [1.54, 1.807) is 0 Å². The smallest absolute Gasteiger partial charge is 0.181 e. The Balaban J connectivity index is 2.03. The second-order valence-electron chi connectivity index (χ2n) is 4.64. The van der Waals surface area contributed by atoms with Gasteiger partial charge in [-0.05, 0) is 21.5 Å². The number of hydrogen-bond acceptors (Lipinski definition) is 8. The number of imidazole rings is 1. The van der Waals surface area contributed by atoms with E-state index in [0.29, 0.717) is 15.9 Å². The van der Waals surface area contributed by atoms with E-state index in [1.807, 2.05) is 0 Å². The average Bonchev–Trinajstić information content (AvgIpc) is 2.97. The van der Waals surface area contributed by atoms with Gasteiger partial charge in [0.2, 0.25) is 0 Å². The number of fused-ring (bicyclic) bond motifs is 1. The molecule has 1 aliphatic rings. The molecule has 2 aromatic heterocycles. The number of nitrogens with two attached hydrogens (primary N) is 1. The van der Waals surface area contributed by atoms with Crippen LogP contribution in [0.15, 0.2) is 16.2 Å². The van der Waals surface area contributed by atoms with Gasteiger partial charge in [-0.3, -0.25) is 4.57 Å². The summed E-state index contributed by atoms with van der Waals surface area (Å²) in [5, 5.41) is 23.6. The Morgan fingerprint density at radius 2 is 2.23 bits per heavy atom. The van der Waals surface area contributed by atoms with Gasteiger partial charge < -0.3 is 20.7 Å². The highest BCUT2D eigenvalue weighted by molar-refractivity contribution is 9.10. The third kappa shape index (κ3) is 2.26. The SMILES string of the molecule is [N-]=[N+]=NC[C@H]1O[C@@H](n2c(Br)nc3c(N)ncnc32)[C@H](O)[C@@H]1O. The van der Waals surface area contributed by atoms with Crippen molar-refractivity contribution in [2.75, 3.05) is 12.3 Å². The topological polar surface area (TPSA) is 168 Å². The zero-order valence-electron chi connectivity index (χ0n) is 11.0. The van der Waals surface area contributed by atoms with Gasteiger partial charge in [0, 0.05) is 4.91 Å². The predicted molar refractivity (Wildman–Crippen MR) is 77.4 cm³/mol. The molecule has 3 rings (SSSR count). The zero-order chi connectivity index (χ0) is 15.9. The molecular formula is C10H11BrN8O3. The third-order valence-corrected chi connectivity index (χ3v) is 3.94. The van der Waals surface area contributed by atoms with Gasteiger partial charge in [0.1, 0.15) is 18.5 Å². The fourth-order valence-electron chi connectivity index (χ4n) is 2.34. The average molecular weight is 371 g/mol. The van der Waals surface area contributed by atoms with Crippen molar-refractivity contribution in [3.8, 4) is 0 Å². The van der Waals surface area contributed by atoms with E-state index < -0.39 is 24.5 Å². The molecule has 1 saturated heterocycles. The molecule has 22 heavy (non-hydrogen) atoms. The Hall–Kier alpha value is -1.98. The number of hydrogen-bond donors (Lipinski definition) is 3. The molecule has 0 spiro atoms. The van der Waals surface area contributed by atoms with Crippen LogP contribution in [-0.4, -0.2) is 54.6 Å². The van der Waals surface area contributed by atoms with Crippen LogP contribution < -0.4 is 5.73 Å². The maximum absolute atomic E-state index is 10.2. The number of nitrogen functional groups attached to an aromatic ring is 1. The number of nitrogens with zero attached hydrogens (tertiary/aromatic N) is 7. The lowest BCUT2D eigenvalue weighted by molar-refractivity contribution is -0.0334. The van der Waals surface area contributed by atoms with Crippen LogP contribution in [0.4, 0.5) is 5.82 Å². The van der Waals surface area contributed by atoms with E-state index in [9.17, 15) is 10.2 Å². The highest BCUT2D eigenvalue weighted by Crippen LogP contribution is 2.35. The second-order valence-corrected chi connectivity index (χ2v) is 5.35. The normalized spacial score (nSPS) is 28.0. The molecule has 0 unspecified atom stereocenters. The van der Waals surface area contributed by atoms with Crippen molar-refractivity contribution in [3.63, 3.8) is 0 Å². The van der Waals surface area contributed by atoms with E-state index in [1.165, 1.54) is 10.9 Å². The lowest BCUT2D eigenvalue weighted by atomic mass is 10.1. The van der Waals surface area contributed by atoms with Crippen molar-refractivity contribution in [1.82, 2.24) is 19.5 Å². The third-order valence-electron chi connectivity index (χ3n) is 3.38. The van der Waals surface area contributed by atoms with E-state index in [4.69, 9.17) is 16.0 Å². The Labute approximate surface area is 131 Å². The molecule has 0 bridgehead atoms. The van der Waals surface area contributed by atoms with E-state index >= 15 is 0 Å². The minimum absolute atomic E-state index is 0.105. The predicted octanol–water partition coefficient (Wildman–Crippen LogP) is 0.100. The van der Waals surface area contributed by atoms with Crippen LogP contribution in [0.1, 0.15) is 6.23 Å². The zero-order valence-corrected chi connectivity index (χ0v) is 12.6. The summed E-state index contributed by atoms with van der Waals surface area (Å²) in [6, 6.07) is 0. The first-order valence-corrected chi connectivity index (χ1v) is 7.00. The molecule has 12 heteroatoms. The van der Waals surface area contributed by atoms with E-state index in [2.05, 4.69) is 40.9 Å². The molecule has 0 radical (unpaired) electrons. The number of halogens is 1. The molecule has 0 amide bonds. The summed E-state index contributed by atoms with van der Waals surface area (Å²) in [6.45, 7) is -0.105. The summed E-state index contributed by atoms with van der Waals surface area (Å²) < 4.78 is 7.36. The lowest BCUT2D eigenvalue weighted by Gasteiger charge is -2.17.